The molecule has 2 heterocycles. The Hall–Kier alpha value is -3.35. The first-order chi connectivity index (χ1) is 13.2. The van der Waals surface area contributed by atoms with Gasteiger partial charge in [-0.1, -0.05) is 29.4 Å². The van der Waals surface area contributed by atoms with E-state index in [1.165, 1.54) is 0 Å². The van der Waals surface area contributed by atoms with E-state index >= 15 is 0 Å². The van der Waals surface area contributed by atoms with Gasteiger partial charge in [0.05, 0.1) is 13.5 Å². The first-order valence-corrected chi connectivity index (χ1v) is 8.69. The Bertz CT molecular complexity index is 945. The van der Waals surface area contributed by atoms with E-state index in [1.54, 1.807) is 7.11 Å². The van der Waals surface area contributed by atoms with Crippen LogP contribution in [0.25, 0.3) is 11.1 Å². The number of aromatic nitrogens is 1. The Morgan fingerprint density at radius 1 is 1.22 bits per heavy atom. The molecule has 0 unspecified atom stereocenters. The number of hydrogen-bond donors (Lipinski definition) is 1. The molecule has 7 heteroatoms. The minimum absolute atomic E-state index is 0.231. The number of nitrogens with one attached hydrogen (secondary N) is 1. The Kier molecular flexibility index (Phi) is 4.74. The van der Waals surface area contributed by atoms with Crippen LogP contribution in [-0.4, -0.2) is 29.8 Å². The van der Waals surface area contributed by atoms with Crippen LogP contribution in [0.2, 0.25) is 0 Å². The minimum Gasteiger partial charge on any atom is -0.497 e. The van der Waals surface area contributed by atoms with Crippen LogP contribution in [0.4, 0.5) is 0 Å². The summed E-state index contributed by atoms with van der Waals surface area (Å²) in [6.07, 6.45) is 0.639. The molecular formula is C20H19N3O4. The summed E-state index contributed by atoms with van der Waals surface area (Å²) in [7, 11) is 1.62. The lowest BCUT2D eigenvalue weighted by Crippen LogP contribution is -2.30. The zero-order valence-electron chi connectivity index (χ0n) is 14.8. The van der Waals surface area contributed by atoms with Crippen LogP contribution in [0.3, 0.4) is 0 Å². The Morgan fingerprint density at radius 3 is 2.81 bits per heavy atom. The largest absolute Gasteiger partial charge is 0.497 e. The summed E-state index contributed by atoms with van der Waals surface area (Å²) in [6, 6.07) is 15.1. The van der Waals surface area contributed by atoms with Crippen molar-refractivity contribution in [3.8, 4) is 5.75 Å². The highest BCUT2D eigenvalue weighted by Gasteiger charge is 2.27. The van der Waals surface area contributed by atoms with Crippen molar-refractivity contribution in [3.63, 3.8) is 0 Å². The van der Waals surface area contributed by atoms with Gasteiger partial charge in [0.15, 0.2) is 11.5 Å². The summed E-state index contributed by atoms with van der Waals surface area (Å²) in [5.41, 5.74) is 2.91. The molecule has 7 nitrogen and oxygen atoms in total. The second-order valence-corrected chi connectivity index (χ2v) is 6.28. The number of para-hydroxylation sites is 2. The number of nitrogens with zero attached hydrogens (tertiary/aromatic N) is 2. The first kappa shape index (κ1) is 17.1. The molecule has 1 aliphatic heterocycles. The van der Waals surface area contributed by atoms with E-state index < -0.39 is 0 Å². The predicted molar refractivity (Wildman–Crippen MR) is 99.5 cm³/mol. The number of carbonyl (C=O) groups excluding carboxylic acids is 1. The van der Waals surface area contributed by atoms with Crippen molar-refractivity contribution in [2.24, 2.45) is 5.16 Å². The van der Waals surface area contributed by atoms with Crippen LogP contribution in [-0.2, 0) is 22.6 Å². The number of amides is 1. The summed E-state index contributed by atoms with van der Waals surface area (Å²) in [4.78, 5) is 22.1. The van der Waals surface area contributed by atoms with Crippen LogP contribution in [0.15, 0.2) is 58.1 Å². The molecule has 0 saturated carbocycles. The van der Waals surface area contributed by atoms with Crippen molar-refractivity contribution in [3.05, 3.63) is 60.0 Å². The van der Waals surface area contributed by atoms with E-state index in [9.17, 15) is 4.79 Å². The lowest BCUT2D eigenvalue weighted by molar-refractivity contribution is -0.115. The number of benzene rings is 2. The summed E-state index contributed by atoms with van der Waals surface area (Å²) < 4.78 is 10.8. The number of methoxy groups -OCH3 is 1. The topological polar surface area (TPSA) is 86.0 Å². The molecule has 1 aliphatic rings. The summed E-state index contributed by atoms with van der Waals surface area (Å²) in [5, 5.41) is 6.78. The van der Waals surface area contributed by atoms with Crippen molar-refractivity contribution in [1.82, 2.24) is 10.3 Å². The third-order valence-electron chi connectivity index (χ3n) is 4.35. The quantitative estimate of drug-likeness (QED) is 0.726. The van der Waals surface area contributed by atoms with Gasteiger partial charge < -0.3 is 19.3 Å². The number of ether oxygens (including phenoxy) is 1. The van der Waals surface area contributed by atoms with Gasteiger partial charge in [-0.15, -0.1) is 0 Å². The zero-order chi connectivity index (χ0) is 18.6. The van der Waals surface area contributed by atoms with E-state index in [0.29, 0.717) is 31.0 Å². The molecule has 0 aliphatic carbocycles. The van der Waals surface area contributed by atoms with Gasteiger partial charge in [-0.25, -0.2) is 4.98 Å². The molecule has 138 valence electrons. The molecule has 0 spiro atoms. The van der Waals surface area contributed by atoms with Gasteiger partial charge in [-0.2, -0.15) is 0 Å². The van der Waals surface area contributed by atoms with Crippen LogP contribution < -0.4 is 10.1 Å². The van der Waals surface area contributed by atoms with Crippen LogP contribution in [0.1, 0.15) is 17.9 Å². The molecule has 2 aromatic carbocycles. The van der Waals surface area contributed by atoms with Crippen molar-refractivity contribution in [2.45, 2.75) is 25.5 Å². The van der Waals surface area contributed by atoms with Crippen LogP contribution in [0, 0.1) is 0 Å². The Morgan fingerprint density at radius 2 is 2.04 bits per heavy atom. The molecule has 1 aromatic heterocycles. The van der Waals surface area contributed by atoms with Gasteiger partial charge >= 0.3 is 0 Å². The summed E-state index contributed by atoms with van der Waals surface area (Å²) in [5.74, 6) is 1.13. The van der Waals surface area contributed by atoms with Gasteiger partial charge in [0.1, 0.15) is 23.1 Å². The molecule has 0 radical (unpaired) electrons. The molecule has 0 fully saturated rings. The maximum absolute atomic E-state index is 12.3. The van der Waals surface area contributed by atoms with Crippen LogP contribution in [0.5, 0.6) is 5.75 Å². The molecular weight excluding hydrogens is 346 g/mol. The van der Waals surface area contributed by atoms with Crippen molar-refractivity contribution < 1.29 is 18.8 Å². The van der Waals surface area contributed by atoms with Gasteiger partial charge in [-0.3, -0.25) is 4.79 Å². The number of oxazole rings is 1. The molecule has 1 N–H and O–H groups in total. The SMILES string of the molecule is COc1ccc(CNC(=O)C2=NO[C@@H](Cc3nc4ccccc4o3)C2)cc1. The molecule has 3 aromatic rings. The molecule has 1 amide bonds. The average Bonchev–Trinajstić information content (AvgIpc) is 3.33. The van der Waals surface area contributed by atoms with Gasteiger partial charge in [-0.05, 0) is 29.8 Å². The lowest BCUT2D eigenvalue weighted by atomic mass is 10.1. The van der Waals surface area contributed by atoms with Gasteiger partial charge in [0.25, 0.3) is 5.91 Å². The normalized spacial score (nSPS) is 16.0. The van der Waals surface area contributed by atoms with E-state index in [2.05, 4.69) is 15.5 Å². The maximum atomic E-state index is 12.3. The maximum Gasteiger partial charge on any atom is 0.269 e. The minimum atomic E-state index is -0.250. The highest BCUT2D eigenvalue weighted by atomic mass is 16.6. The fourth-order valence-corrected chi connectivity index (χ4v) is 2.90. The van der Waals surface area contributed by atoms with E-state index in [0.717, 1.165) is 22.4 Å². The predicted octanol–water partition coefficient (Wildman–Crippen LogP) is 2.84. The first-order valence-electron chi connectivity index (χ1n) is 8.69. The standard InChI is InChI=1S/C20H19N3O4/c1-25-14-8-6-13(7-9-14)12-21-20(24)17-10-15(27-23-17)11-19-22-16-4-2-3-5-18(16)26-19/h2-9,15H,10-12H2,1H3,(H,21,24)/t15-/m1/s1. The lowest BCUT2D eigenvalue weighted by Gasteiger charge is -2.06. The highest BCUT2D eigenvalue weighted by Crippen LogP contribution is 2.20. The van der Waals surface area contributed by atoms with E-state index in [4.69, 9.17) is 14.0 Å². The molecule has 27 heavy (non-hydrogen) atoms. The Balaban J connectivity index is 1.29. The number of oxime groups is 1. The third kappa shape index (κ3) is 3.92. The van der Waals surface area contributed by atoms with Gasteiger partial charge in [0, 0.05) is 13.0 Å². The monoisotopic (exact) mass is 365 g/mol. The summed E-state index contributed by atoms with van der Waals surface area (Å²) in [6.45, 7) is 0.414. The number of hydrogen-bond acceptors (Lipinski definition) is 6. The number of rotatable bonds is 6. The second-order valence-electron chi connectivity index (χ2n) is 6.28. The second kappa shape index (κ2) is 7.49. The fourth-order valence-electron chi connectivity index (χ4n) is 2.90. The third-order valence-corrected chi connectivity index (χ3v) is 4.35. The summed E-state index contributed by atoms with van der Waals surface area (Å²) >= 11 is 0. The van der Waals surface area contributed by atoms with Crippen molar-refractivity contribution in [1.29, 1.82) is 0 Å². The van der Waals surface area contributed by atoms with Crippen molar-refractivity contribution >= 4 is 22.7 Å². The smallest absolute Gasteiger partial charge is 0.269 e. The average molecular weight is 365 g/mol. The number of carbonyl (C=O) groups is 1. The van der Waals surface area contributed by atoms with E-state index in [1.807, 2.05) is 48.5 Å². The molecule has 1 atom stereocenters. The molecule has 0 saturated heterocycles. The van der Waals surface area contributed by atoms with Crippen molar-refractivity contribution in [2.75, 3.05) is 7.11 Å². The Labute approximate surface area is 156 Å². The van der Waals surface area contributed by atoms with Crippen LogP contribution >= 0.6 is 0 Å². The zero-order valence-corrected chi connectivity index (χ0v) is 14.8. The fraction of sp³-hybridized carbons (Fsp3) is 0.250. The van der Waals surface area contributed by atoms with Gasteiger partial charge in [0.2, 0.25) is 0 Å². The molecule has 4 rings (SSSR count). The highest BCUT2D eigenvalue weighted by molar-refractivity contribution is 6.39. The van der Waals surface area contributed by atoms with E-state index in [-0.39, 0.29) is 12.0 Å². The number of fused-ring (bicyclic) bond motifs is 1. The molecule has 0 bridgehead atoms.